The fourth-order valence-electron chi connectivity index (χ4n) is 0.820. The summed E-state index contributed by atoms with van der Waals surface area (Å²) in [5.41, 5.74) is 0. The molecule has 12 heavy (non-hydrogen) atoms. The first-order valence-electron chi connectivity index (χ1n) is 3.80. The zero-order valence-corrected chi connectivity index (χ0v) is 7.13. The highest BCUT2D eigenvalue weighted by Gasteiger charge is 2.31. The number of nitrogens with zero attached hydrogens (tertiary/aromatic N) is 2. The Morgan fingerprint density at radius 2 is 2.17 bits per heavy atom. The van der Waals surface area contributed by atoms with Crippen molar-refractivity contribution >= 4 is 17.8 Å². The van der Waals surface area contributed by atoms with E-state index in [1.807, 2.05) is 6.92 Å². The van der Waals surface area contributed by atoms with Gasteiger partial charge in [0.25, 0.3) is 5.91 Å². The van der Waals surface area contributed by atoms with Crippen LogP contribution in [0.4, 0.5) is 4.79 Å². The number of amides is 3. The van der Waals surface area contributed by atoms with Gasteiger partial charge in [0.2, 0.25) is 0 Å². The fourth-order valence-corrected chi connectivity index (χ4v) is 0.820. The lowest BCUT2D eigenvalue weighted by Gasteiger charge is -1.98. The van der Waals surface area contributed by atoms with Crippen molar-refractivity contribution in [2.75, 3.05) is 13.6 Å². The summed E-state index contributed by atoms with van der Waals surface area (Å²) in [7, 11) is 1.42. The Labute approximate surface area is 70.5 Å². The third-order valence-electron chi connectivity index (χ3n) is 1.53. The van der Waals surface area contributed by atoms with E-state index in [4.69, 9.17) is 0 Å². The first kappa shape index (κ1) is 8.70. The molecule has 1 rings (SSSR count). The minimum absolute atomic E-state index is 0.157. The Kier molecular flexibility index (Phi) is 2.42. The SMILES string of the molecule is CCCN=C1NC(=O)N(C)C1=O. The minimum Gasteiger partial charge on any atom is -0.287 e. The molecule has 0 spiro atoms. The first-order valence-corrected chi connectivity index (χ1v) is 3.80. The molecule has 0 aromatic rings. The van der Waals surface area contributed by atoms with Crippen LogP contribution < -0.4 is 5.32 Å². The van der Waals surface area contributed by atoms with E-state index in [0.717, 1.165) is 11.3 Å². The van der Waals surface area contributed by atoms with Gasteiger partial charge in [-0.2, -0.15) is 0 Å². The molecule has 0 bridgehead atoms. The number of hydrogen-bond donors (Lipinski definition) is 1. The maximum Gasteiger partial charge on any atom is 0.329 e. The van der Waals surface area contributed by atoms with Crippen LogP contribution in [0.25, 0.3) is 0 Å². The van der Waals surface area contributed by atoms with Crippen molar-refractivity contribution in [2.24, 2.45) is 4.99 Å². The Morgan fingerprint density at radius 3 is 2.58 bits per heavy atom. The number of urea groups is 1. The maximum absolute atomic E-state index is 11.1. The van der Waals surface area contributed by atoms with Crippen molar-refractivity contribution in [3.8, 4) is 0 Å². The molecule has 0 aromatic heterocycles. The van der Waals surface area contributed by atoms with Gasteiger partial charge in [0.05, 0.1) is 0 Å². The highest BCUT2D eigenvalue weighted by atomic mass is 16.2. The van der Waals surface area contributed by atoms with Gasteiger partial charge in [0.1, 0.15) is 0 Å². The highest BCUT2D eigenvalue weighted by Crippen LogP contribution is 1.97. The van der Waals surface area contributed by atoms with E-state index in [0.29, 0.717) is 6.54 Å². The number of likely N-dealkylation sites (N-methyl/N-ethyl adjacent to an activating group) is 1. The molecule has 1 aliphatic heterocycles. The van der Waals surface area contributed by atoms with Crippen molar-refractivity contribution in [1.82, 2.24) is 10.2 Å². The van der Waals surface area contributed by atoms with Gasteiger partial charge in [-0.05, 0) is 6.42 Å². The van der Waals surface area contributed by atoms with Crippen LogP contribution in [0.1, 0.15) is 13.3 Å². The predicted molar refractivity (Wildman–Crippen MR) is 43.9 cm³/mol. The lowest BCUT2D eigenvalue weighted by atomic mass is 10.5. The number of hydrogen-bond acceptors (Lipinski definition) is 3. The van der Waals surface area contributed by atoms with Crippen LogP contribution in [0.15, 0.2) is 4.99 Å². The molecule has 1 N–H and O–H groups in total. The summed E-state index contributed by atoms with van der Waals surface area (Å²) < 4.78 is 0. The lowest BCUT2D eigenvalue weighted by molar-refractivity contribution is -0.119. The fraction of sp³-hybridized carbons (Fsp3) is 0.571. The molecule has 66 valence electrons. The Morgan fingerprint density at radius 1 is 1.50 bits per heavy atom. The van der Waals surface area contributed by atoms with Crippen molar-refractivity contribution < 1.29 is 9.59 Å². The summed E-state index contributed by atoms with van der Waals surface area (Å²) in [5, 5.41) is 2.38. The van der Waals surface area contributed by atoms with E-state index in [1.54, 1.807) is 0 Å². The second kappa shape index (κ2) is 3.34. The molecule has 1 fully saturated rings. The molecule has 0 saturated carbocycles. The summed E-state index contributed by atoms with van der Waals surface area (Å²) >= 11 is 0. The molecule has 0 unspecified atom stereocenters. The van der Waals surface area contributed by atoms with Gasteiger partial charge < -0.3 is 0 Å². The molecule has 5 nitrogen and oxygen atoms in total. The van der Waals surface area contributed by atoms with Gasteiger partial charge >= 0.3 is 6.03 Å². The zero-order valence-electron chi connectivity index (χ0n) is 7.13. The quantitative estimate of drug-likeness (QED) is 0.590. The second-order valence-electron chi connectivity index (χ2n) is 2.52. The lowest BCUT2D eigenvalue weighted by Crippen LogP contribution is -2.25. The molecule has 0 aliphatic carbocycles. The van der Waals surface area contributed by atoms with Crippen LogP contribution in [0.2, 0.25) is 0 Å². The summed E-state index contributed by atoms with van der Waals surface area (Å²) in [6.07, 6.45) is 0.858. The average molecular weight is 169 g/mol. The van der Waals surface area contributed by atoms with E-state index in [9.17, 15) is 9.59 Å². The number of nitrogens with one attached hydrogen (secondary N) is 1. The molecule has 1 saturated heterocycles. The summed E-state index contributed by atoms with van der Waals surface area (Å²) in [4.78, 5) is 26.9. The van der Waals surface area contributed by atoms with Crippen LogP contribution in [0.5, 0.6) is 0 Å². The van der Waals surface area contributed by atoms with Gasteiger partial charge in [0.15, 0.2) is 5.84 Å². The normalized spacial score (nSPS) is 20.5. The number of amidine groups is 1. The topological polar surface area (TPSA) is 61.8 Å². The van der Waals surface area contributed by atoms with Crippen LogP contribution in [0.3, 0.4) is 0 Å². The van der Waals surface area contributed by atoms with Crippen molar-refractivity contribution in [1.29, 1.82) is 0 Å². The molecule has 0 aromatic carbocycles. The number of aliphatic imine (C=N–C) groups is 1. The Bertz CT molecular complexity index is 247. The maximum atomic E-state index is 11.1. The van der Waals surface area contributed by atoms with Gasteiger partial charge in [-0.1, -0.05) is 6.92 Å². The Balaban J connectivity index is 2.71. The van der Waals surface area contributed by atoms with Gasteiger partial charge in [0, 0.05) is 13.6 Å². The summed E-state index contributed by atoms with van der Waals surface area (Å²) in [6, 6.07) is -0.408. The number of carbonyl (C=O) groups excluding carboxylic acids is 2. The standard InChI is InChI=1S/C7H11N3O2/c1-3-4-8-5-6(11)10(2)7(12)9-5/h3-4H2,1-2H3,(H,8,9,12). The van der Waals surface area contributed by atoms with E-state index in [-0.39, 0.29) is 11.7 Å². The number of carbonyl (C=O) groups is 2. The van der Waals surface area contributed by atoms with E-state index < -0.39 is 6.03 Å². The largest absolute Gasteiger partial charge is 0.329 e. The van der Waals surface area contributed by atoms with Crippen LogP contribution in [0, 0.1) is 0 Å². The van der Waals surface area contributed by atoms with E-state index >= 15 is 0 Å². The van der Waals surface area contributed by atoms with Crippen molar-refractivity contribution in [3.63, 3.8) is 0 Å². The third kappa shape index (κ3) is 1.44. The molecule has 1 heterocycles. The summed E-state index contributed by atoms with van der Waals surface area (Å²) in [6.45, 7) is 2.52. The monoisotopic (exact) mass is 169 g/mol. The first-order chi connectivity index (χ1) is 5.66. The zero-order chi connectivity index (χ0) is 9.14. The molecule has 1 aliphatic rings. The van der Waals surface area contributed by atoms with Crippen LogP contribution >= 0.6 is 0 Å². The highest BCUT2D eigenvalue weighted by molar-refractivity contribution is 6.46. The molecular weight excluding hydrogens is 158 g/mol. The molecule has 3 amide bonds. The van der Waals surface area contributed by atoms with Crippen molar-refractivity contribution in [2.45, 2.75) is 13.3 Å². The van der Waals surface area contributed by atoms with Crippen molar-refractivity contribution in [3.05, 3.63) is 0 Å². The predicted octanol–water partition coefficient (Wildman–Crippen LogP) is -0.0235. The Hall–Kier alpha value is -1.39. The molecule has 0 radical (unpaired) electrons. The van der Waals surface area contributed by atoms with Crippen LogP contribution in [-0.2, 0) is 4.79 Å². The van der Waals surface area contributed by atoms with Gasteiger partial charge in [-0.25, -0.2) is 4.79 Å². The smallest absolute Gasteiger partial charge is 0.287 e. The number of rotatable bonds is 2. The van der Waals surface area contributed by atoms with Gasteiger partial charge in [-0.15, -0.1) is 0 Å². The van der Waals surface area contributed by atoms with E-state index in [1.165, 1.54) is 7.05 Å². The number of imide groups is 1. The molecular formula is C7H11N3O2. The minimum atomic E-state index is -0.408. The molecule has 0 atom stereocenters. The molecule has 5 heteroatoms. The third-order valence-corrected chi connectivity index (χ3v) is 1.53. The summed E-state index contributed by atoms with van der Waals surface area (Å²) in [5.74, 6) is -0.196. The van der Waals surface area contributed by atoms with E-state index in [2.05, 4.69) is 10.3 Å². The van der Waals surface area contributed by atoms with Gasteiger partial charge in [-0.3, -0.25) is 20.0 Å². The van der Waals surface area contributed by atoms with Crippen LogP contribution in [-0.4, -0.2) is 36.3 Å². The average Bonchev–Trinajstić information content (AvgIpc) is 2.30. The second-order valence-corrected chi connectivity index (χ2v) is 2.52.